The van der Waals surface area contributed by atoms with E-state index in [2.05, 4.69) is 24.8 Å². The summed E-state index contributed by atoms with van der Waals surface area (Å²) < 4.78 is 5.13. The van der Waals surface area contributed by atoms with E-state index in [1.165, 1.54) is 0 Å². The molecule has 1 aromatic heterocycles. The van der Waals surface area contributed by atoms with Crippen molar-refractivity contribution in [1.29, 1.82) is 0 Å². The van der Waals surface area contributed by atoms with Crippen LogP contribution in [0.25, 0.3) is 0 Å². The van der Waals surface area contributed by atoms with Crippen LogP contribution in [0.4, 0.5) is 0 Å². The van der Waals surface area contributed by atoms with Crippen molar-refractivity contribution < 1.29 is 56.1 Å². The summed E-state index contributed by atoms with van der Waals surface area (Å²) in [7, 11) is 0. The van der Waals surface area contributed by atoms with Gasteiger partial charge in [0, 0.05) is 9.26 Å². The van der Waals surface area contributed by atoms with Gasteiger partial charge >= 0.3 is 51.4 Å². The first-order chi connectivity index (χ1) is 4.79. The average molecular weight is 228 g/mol. The molecule has 1 heterocycles. The molecule has 0 saturated heterocycles. The molecule has 0 radical (unpaired) electrons. The Labute approximate surface area is 123 Å². The van der Waals surface area contributed by atoms with Gasteiger partial charge in [-0.3, -0.25) is 0 Å². The molecule has 0 amide bonds. The van der Waals surface area contributed by atoms with E-state index >= 15 is 0 Å². The minimum absolute atomic E-state index is 0. The van der Waals surface area contributed by atoms with Crippen molar-refractivity contribution in [2.24, 2.45) is 0 Å². The third-order valence-corrected chi connectivity index (χ3v) is 2.00. The van der Waals surface area contributed by atoms with Crippen LogP contribution in [0.15, 0.2) is 17.5 Å². The summed E-state index contributed by atoms with van der Waals surface area (Å²) in [6.45, 7) is 0.514. The predicted octanol–water partition coefficient (Wildman–Crippen LogP) is -0.899. The van der Waals surface area contributed by atoms with E-state index in [4.69, 9.17) is 4.74 Å². The SMILES string of the molecule is S=C([S-])OCc1cccs1.[K+]. The summed E-state index contributed by atoms with van der Waals surface area (Å²) in [6.07, 6.45) is 0. The zero-order valence-electron chi connectivity index (χ0n) is 6.07. The maximum absolute atomic E-state index is 4.94. The van der Waals surface area contributed by atoms with Crippen molar-refractivity contribution in [1.82, 2.24) is 0 Å². The Morgan fingerprint density at radius 3 is 2.91 bits per heavy atom. The third kappa shape index (κ3) is 5.65. The van der Waals surface area contributed by atoms with Gasteiger partial charge in [0.2, 0.25) is 0 Å². The van der Waals surface area contributed by atoms with Gasteiger partial charge < -0.3 is 29.6 Å². The molecule has 0 N–H and O–H groups in total. The maximum Gasteiger partial charge on any atom is 1.00 e. The van der Waals surface area contributed by atoms with Gasteiger partial charge in [-0.25, -0.2) is 0 Å². The van der Waals surface area contributed by atoms with Crippen LogP contribution in [0.2, 0.25) is 0 Å². The molecule has 0 fully saturated rings. The molecule has 0 aliphatic heterocycles. The molecule has 1 aromatic rings. The van der Waals surface area contributed by atoms with Gasteiger partial charge in [0.25, 0.3) is 0 Å². The molecule has 5 heteroatoms. The second kappa shape index (κ2) is 6.91. The molecule has 0 bridgehead atoms. The normalized spacial score (nSPS) is 8.36. The largest absolute Gasteiger partial charge is 1.00 e. The molecule has 0 aromatic carbocycles. The van der Waals surface area contributed by atoms with Crippen LogP contribution >= 0.6 is 23.6 Å². The molecule has 0 aliphatic rings. The van der Waals surface area contributed by atoms with E-state index in [1.54, 1.807) is 11.3 Å². The second-order valence-electron chi connectivity index (χ2n) is 1.62. The van der Waals surface area contributed by atoms with E-state index in [-0.39, 0.29) is 55.8 Å². The maximum atomic E-state index is 4.94. The Morgan fingerprint density at radius 2 is 2.45 bits per heavy atom. The van der Waals surface area contributed by atoms with Crippen LogP contribution in [0.3, 0.4) is 0 Å². The molecule has 0 unspecified atom stereocenters. The van der Waals surface area contributed by atoms with E-state index in [1.807, 2.05) is 17.5 Å². The van der Waals surface area contributed by atoms with Gasteiger partial charge in [-0.1, -0.05) is 6.07 Å². The van der Waals surface area contributed by atoms with Crippen LogP contribution in [0.5, 0.6) is 0 Å². The molecule has 0 aliphatic carbocycles. The van der Waals surface area contributed by atoms with Crippen molar-refractivity contribution in [3.63, 3.8) is 0 Å². The molecule has 1 nitrogen and oxygen atoms in total. The van der Waals surface area contributed by atoms with Crippen LogP contribution in [0.1, 0.15) is 4.88 Å². The predicted molar refractivity (Wildman–Crippen MR) is 49.1 cm³/mol. The summed E-state index contributed by atoms with van der Waals surface area (Å²) in [6, 6.07) is 3.95. The minimum atomic E-state index is 0. The van der Waals surface area contributed by atoms with E-state index < -0.39 is 0 Å². The fraction of sp³-hybridized carbons (Fsp3) is 0.167. The number of rotatable bonds is 2. The van der Waals surface area contributed by atoms with Crippen molar-refractivity contribution in [2.45, 2.75) is 6.61 Å². The van der Waals surface area contributed by atoms with Gasteiger partial charge in [-0.2, -0.15) is 0 Å². The molecule has 0 spiro atoms. The first-order valence-corrected chi connectivity index (χ1v) is 4.35. The number of hydrogen-bond acceptors (Lipinski definition) is 4. The molecular formula is C6H5KOS3. The van der Waals surface area contributed by atoms with Crippen LogP contribution in [-0.4, -0.2) is 4.38 Å². The van der Waals surface area contributed by atoms with Crippen molar-refractivity contribution in [3.05, 3.63) is 22.4 Å². The van der Waals surface area contributed by atoms with Crippen molar-refractivity contribution in [2.75, 3.05) is 0 Å². The standard InChI is InChI=1S/C6H6OS3.K/c8-6(9)7-4-5-2-1-3-10-5;/h1-3H,4H2,(H,8,9);/q;+1/p-1. The monoisotopic (exact) mass is 228 g/mol. The molecule has 0 saturated carbocycles. The van der Waals surface area contributed by atoms with Crippen LogP contribution in [-0.2, 0) is 24.0 Å². The Bertz CT molecular complexity index is 210. The summed E-state index contributed by atoms with van der Waals surface area (Å²) in [5, 5.41) is 1.99. The van der Waals surface area contributed by atoms with E-state index in [9.17, 15) is 0 Å². The van der Waals surface area contributed by atoms with Gasteiger partial charge in [-0.05, 0) is 11.4 Å². The summed E-state index contributed by atoms with van der Waals surface area (Å²) >= 11 is 10.8. The Hall–Kier alpha value is 1.45. The number of ether oxygens (including phenoxy) is 1. The first-order valence-electron chi connectivity index (χ1n) is 2.65. The summed E-state index contributed by atoms with van der Waals surface area (Å²) in [5.41, 5.74) is 0. The smallest absolute Gasteiger partial charge is 0.508 e. The zero-order valence-corrected chi connectivity index (χ0v) is 11.6. The first kappa shape index (κ1) is 12.4. The number of thiophene rings is 1. The average Bonchev–Trinajstić information content (AvgIpc) is 2.34. The Morgan fingerprint density at radius 1 is 1.73 bits per heavy atom. The van der Waals surface area contributed by atoms with Crippen LogP contribution in [0, 0.1) is 0 Å². The molecular weight excluding hydrogens is 223 g/mol. The topological polar surface area (TPSA) is 9.23 Å². The number of thiocarbonyl (C=S) groups is 1. The summed E-state index contributed by atoms with van der Waals surface area (Å²) in [4.78, 5) is 1.15. The Kier molecular flexibility index (Phi) is 7.82. The minimum Gasteiger partial charge on any atom is -0.508 e. The van der Waals surface area contributed by atoms with E-state index in [0.29, 0.717) is 6.61 Å². The van der Waals surface area contributed by atoms with Crippen molar-refractivity contribution in [3.8, 4) is 0 Å². The molecule has 54 valence electrons. The van der Waals surface area contributed by atoms with Crippen molar-refractivity contribution >= 4 is 40.6 Å². The fourth-order valence-corrected chi connectivity index (χ4v) is 1.26. The second-order valence-corrected chi connectivity index (χ2v) is 3.65. The van der Waals surface area contributed by atoms with Gasteiger partial charge in [-0.15, -0.1) is 11.3 Å². The molecule has 1 rings (SSSR count). The quantitative estimate of drug-likeness (QED) is 0.369. The van der Waals surface area contributed by atoms with Gasteiger partial charge in [0.05, 0.1) is 0 Å². The molecule has 11 heavy (non-hydrogen) atoms. The van der Waals surface area contributed by atoms with E-state index in [0.717, 1.165) is 4.88 Å². The zero-order chi connectivity index (χ0) is 7.40. The van der Waals surface area contributed by atoms with Gasteiger partial charge in [0.15, 0.2) is 0 Å². The summed E-state index contributed by atoms with van der Waals surface area (Å²) in [5.74, 6) is 0. The third-order valence-electron chi connectivity index (χ3n) is 0.912. The fourth-order valence-electron chi connectivity index (χ4n) is 0.525. The van der Waals surface area contributed by atoms with Crippen LogP contribution < -0.4 is 51.4 Å². The molecule has 0 atom stereocenters. The number of hydrogen-bond donors (Lipinski definition) is 0. The Balaban J connectivity index is 0.000001000. The van der Waals surface area contributed by atoms with Gasteiger partial charge in [0.1, 0.15) is 6.61 Å².